The average Bonchev–Trinajstić information content (AvgIpc) is 2.48. The maximum Gasteiger partial charge on any atom is 0.239 e. The fourth-order valence-electron chi connectivity index (χ4n) is 2.05. The molecule has 0 spiro atoms. The van der Waals surface area contributed by atoms with Crippen molar-refractivity contribution in [2.45, 2.75) is 12.5 Å². The molecule has 0 aromatic heterocycles. The van der Waals surface area contributed by atoms with E-state index < -0.39 is 5.82 Å². The van der Waals surface area contributed by atoms with Gasteiger partial charge in [0.25, 0.3) is 0 Å². The van der Waals surface area contributed by atoms with Crippen LogP contribution in [0.2, 0.25) is 0 Å². The molecule has 1 saturated heterocycles. The summed E-state index contributed by atoms with van der Waals surface area (Å²) in [6, 6.07) is 4.50. The molecule has 1 aliphatic heterocycles. The van der Waals surface area contributed by atoms with Gasteiger partial charge < -0.3 is 20.1 Å². The van der Waals surface area contributed by atoms with E-state index in [4.69, 9.17) is 9.47 Å². The Balaban J connectivity index is 0.00000220. The lowest BCUT2D eigenvalue weighted by Crippen LogP contribution is -2.51. The lowest BCUT2D eigenvalue weighted by Gasteiger charge is -2.22. The highest BCUT2D eigenvalue weighted by Crippen LogP contribution is 2.17. The Morgan fingerprint density at radius 1 is 1.57 bits per heavy atom. The first-order valence-electron chi connectivity index (χ1n) is 6.62. The van der Waals surface area contributed by atoms with Gasteiger partial charge in [-0.25, -0.2) is 4.39 Å². The summed E-state index contributed by atoms with van der Waals surface area (Å²) in [5.41, 5.74) is 0.816. The van der Waals surface area contributed by atoms with Gasteiger partial charge in [0.15, 0.2) is 11.6 Å². The second-order valence-corrected chi connectivity index (χ2v) is 4.59. The number of hydrogen-bond donors (Lipinski definition) is 2. The number of amides is 1. The van der Waals surface area contributed by atoms with E-state index in [9.17, 15) is 9.18 Å². The molecule has 21 heavy (non-hydrogen) atoms. The first-order valence-corrected chi connectivity index (χ1v) is 6.62. The normalized spacial score (nSPS) is 17.7. The van der Waals surface area contributed by atoms with Gasteiger partial charge in [0, 0.05) is 13.1 Å². The zero-order valence-corrected chi connectivity index (χ0v) is 12.7. The summed E-state index contributed by atoms with van der Waals surface area (Å²) in [5.74, 6) is -0.251. The third-order valence-electron chi connectivity index (χ3n) is 3.17. The maximum atomic E-state index is 13.5. The summed E-state index contributed by atoms with van der Waals surface area (Å²) < 4.78 is 23.6. The number of ether oxygens (including phenoxy) is 2. The molecule has 118 valence electrons. The molecule has 5 nitrogen and oxygen atoms in total. The van der Waals surface area contributed by atoms with Gasteiger partial charge in [-0.3, -0.25) is 4.79 Å². The summed E-state index contributed by atoms with van der Waals surface area (Å²) in [7, 11) is 1.43. The molecular weight excluding hydrogens is 299 g/mol. The maximum absolute atomic E-state index is 13.5. The van der Waals surface area contributed by atoms with E-state index >= 15 is 0 Å². The average molecular weight is 319 g/mol. The summed E-state index contributed by atoms with van der Waals surface area (Å²) in [6.45, 7) is 2.17. The quantitative estimate of drug-likeness (QED) is 0.847. The Morgan fingerprint density at radius 2 is 2.38 bits per heavy atom. The van der Waals surface area contributed by atoms with Crippen LogP contribution in [0.3, 0.4) is 0 Å². The summed E-state index contributed by atoms with van der Waals surface area (Å²) >= 11 is 0. The molecule has 2 N–H and O–H groups in total. The Kier molecular flexibility index (Phi) is 7.42. The first-order chi connectivity index (χ1) is 9.70. The van der Waals surface area contributed by atoms with Crippen LogP contribution in [0.25, 0.3) is 0 Å². The van der Waals surface area contributed by atoms with Crippen molar-refractivity contribution in [3.05, 3.63) is 29.6 Å². The van der Waals surface area contributed by atoms with Crippen molar-refractivity contribution in [3.63, 3.8) is 0 Å². The van der Waals surface area contributed by atoms with E-state index in [1.165, 1.54) is 13.2 Å². The highest BCUT2D eigenvalue weighted by Gasteiger charge is 2.20. The van der Waals surface area contributed by atoms with Gasteiger partial charge in [-0.2, -0.15) is 0 Å². The number of carbonyl (C=O) groups excluding carboxylic acids is 1. The number of hydrogen-bond acceptors (Lipinski definition) is 4. The third-order valence-corrected chi connectivity index (χ3v) is 3.17. The molecule has 0 radical (unpaired) electrons. The van der Waals surface area contributed by atoms with Crippen molar-refractivity contribution in [3.8, 4) is 5.75 Å². The SMILES string of the molecule is COc1ccc(CCNC(=O)C2COCCN2)cc1F.Cl. The van der Waals surface area contributed by atoms with Gasteiger partial charge in [-0.1, -0.05) is 6.07 Å². The molecule has 2 rings (SSSR count). The van der Waals surface area contributed by atoms with Gasteiger partial charge in [0.05, 0.1) is 20.3 Å². The number of nitrogens with one attached hydrogen (secondary N) is 2. The fourth-order valence-corrected chi connectivity index (χ4v) is 2.05. The third kappa shape index (κ3) is 5.15. The minimum absolute atomic E-state index is 0. The Morgan fingerprint density at radius 3 is 3.00 bits per heavy atom. The first kappa shape index (κ1) is 17.7. The molecule has 0 aliphatic carbocycles. The highest BCUT2D eigenvalue weighted by atomic mass is 35.5. The van der Waals surface area contributed by atoms with Crippen molar-refractivity contribution < 1.29 is 18.7 Å². The molecule has 7 heteroatoms. The fraction of sp³-hybridized carbons (Fsp3) is 0.500. The van der Waals surface area contributed by atoms with Crippen LogP contribution in [-0.4, -0.2) is 45.4 Å². The molecule has 1 amide bonds. The standard InChI is InChI=1S/C14H19FN2O3.ClH/c1-19-13-3-2-10(8-11(13)15)4-5-17-14(18)12-9-20-7-6-16-12;/h2-3,8,12,16H,4-7,9H2,1H3,(H,17,18);1H. The molecule has 0 bridgehead atoms. The van der Waals surface area contributed by atoms with E-state index in [-0.39, 0.29) is 30.1 Å². The smallest absolute Gasteiger partial charge is 0.239 e. The van der Waals surface area contributed by atoms with E-state index in [0.717, 1.165) is 5.56 Å². The molecule has 1 aromatic rings. The molecule has 1 aliphatic rings. The van der Waals surface area contributed by atoms with Crippen LogP contribution in [0, 0.1) is 5.82 Å². The highest BCUT2D eigenvalue weighted by molar-refractivity contribution is 5.85. The number of carbonyl (C=O) groups is 1. The number of methoxy groups -OCH3 is 1. The lowest BCUT2D eigenvalue weighted by molar-refractivity contribution is -0.125. The number of halogens is 2. The van der Waals surface area contributed by atoms with Crippen LogP contribution in [-0.2, 0) is 16.0 Å². The van der Waals surface area contributed by atoms with E-state index in [2.05, 4.69) is 10.6 Å². The van der Waals surface area contributed by atoms with Gasteiger partial charge >= 0.3 is 0 Å². The zero-order valence-electron chi connectivity index (χ0n) is 11.9. The van der Waals surface area contributed by atoms with E-state index in [0.29, 0.717) is 32.7 Å². The van der Waals surface area contributed by atoms with Crippen LogP contribution in [0.5, 0.6) is 5.75 Å². The van der Waals surface area contributed by atoms with Crippen molar-refractivity contribution in [2.75, 3.05) is 33.4 Å². The molecule has 1 unspecified atom stereocenters. The van der Waals surface area contributed by atoms with Crippen molar-refractivity contribution in [1.82, 2.24) is 10.6 Å². The van der Waals surface area contributed by atoms with Crippen molar-refractivity contribution in [2.24, 2.45) is 0 Å². The largest absolute Gasteiger partial charge is 0.494 e. The molecular formula is C14H20ClFN2O3. The number of benzene rings is 1. The summed E-state index contributed by atoms with van der Waals surface area (Å²) in [6.07, 6.45) is 0.570. The van der Waals surface area contributed by atoms with Crippen molar-refractivity contribution >= 4 is 18.3 Å². The topological polar surface area (TPSA) is 59.6 Å². The Bertz CT molecular complexity index is 468. The van der Waals surface area contributed by atoms with E-state index in [1.807, 2.05) is 0 Å². The van der Waals surface area contributed by atoms with Gasteiger partial charge in [-0.15, -0.1) is 12.4 Å². The van der Waals surface area contributed by atoms with Crippen LogP contribution >= 0.6 is 12.4 Å². The molecule has 1 fully saturated rings. The summed E-state index contributed by atoms with van der Waals surface area (Å²) in [5, 5.41) is 5.89. The monoisotopic (exact) mass is 318 g/mol. The number of morpholine rings is 1. The molecule has 0 saturated carbocycles. The Labute approximate surface area is 129 Å². The predicted octanol–water partition coefficient (Wildman–Crippen LogP) is 0.903. The molecule has 1 heterocycles. The van der Waals surface area contributed by atoms with Gasteiger partial charge in [0.1, 0.15) is 6.04 Å². The van der Waals surface area contributed by atoms with Crippen LogP contribution in [0.15, 0.2) is 18.2 Å². The molecule has 1 atom stereocenters. The predicted molar refractivity (Wildman–Crippen MR) is 79.5 cm³/mol. The minimum Gasteiger partial charge on any atom is -0.494 e. The van der Waals surface area contributed by atoms with E-state index in [1.54, 1.807) is 12.1 Å². The summed E-state index contributed by atoms with van der Waals surface area (Å²) in [4.78, 5) is 11.8. The van der Waals surface area contributed by atoms with Gasteiger partial charge in [0.2, 0.25) is 5.91 Å². The second kappa shape index (κ2) is 8.81. The van der Waals surface area contributed by atoms with Crippen molar-refractivity contribution in [1.29, 1.82) is 0 Å². The van der Waals surface area contributed by atoms with Crippen LogP contribution in [0.1, 0.15) is 5.56 Å². The van der Waals surface area contributed by atoms with Gasteiger partial charge in [-0.05, 0) is 24.1 Å². The minimum atomic E-state index is -0.390. The van der Waals surface area contributed by atoms with Crippen LogP contribution in [0.4, 0.5) is 4.39 Å². The lowest BCUT2D eigenvalue weighted by atomic mass is 10.1. The Hall–Kier alpha value is -1.37. The molecule has 1 aromatic carbocycles. The number of rotatable bonds is 5. The zero-order chi connectivity index (χ0) is 14.4. The van der Waals surface area contributed by atoms with Crippen LogP contribution < -0.4 is 15.4 Å². The second-order valence-electron chi connectivity index (χ2n) is 4.59.